The van der Waals surface area contributed by atoms with Crippen LogP contribution in [0, 0.1) is 0 Å². The molecule has 8 heteroatoms. The molecule has 0 aliphatic carbocycles. The van der Waals surface area contributed by atoms with E-state index in [1.54, 1.807) is 12.3 Å². The van der Waals surface area contributed by atoms with Crippen LogP contribution in [0.4, 0.5) is 10.8 Å². The van der Waals surface area contributed by atoms with Crippen molar-refractivity contribution in [1.29, 1.82) is 0 Å². The van der Waals surface area contributed by atoms with E-state index in [9.17, 15) is 4.79 Å². The van der Waals surface area contributed by atoms with E-state index in [0.29, 0.717) is 16.4 Å². The largest absolute Gasteiger partial charge is 0.322 e. The van der Waals surface area contributed by atoms with E-state index in [2.05, 4.69) is 36.6 Å². The summed E-state index contributed by atoms with van der Waals surface area (Å²) in [6, 6.07) is 1.58. The summed E-state index contributed by atoms with van der Waals surface area (Å²) in [5.41, 5.74) is 3.29. The van der Waals surface area contributed by atoms with Crippen molar-refractivity contribution in [1.82, 2.24) is 9.97 Å². The van der Waals surface area contributed by atoms with E-state index in [1.165, 1.54) is 23.7 Å². The molecule has 0 saturated heterocycles. The molecule has 0 unspecified atom stereocenters. The first-order valence-corrected chi connectivity index (χ1v) is 6.15. The minimum Gasteiger partial charge on any atom is -0.322 e. The molecule has 0 aromatic carbocycles. The maximum atomic E-state index is 11.9. The Balaban J connectivity index is 2.20. The Labute approximate surface area is 109 Å². The van der Waals surface area contributed by atoms with Crippen LogP contribution < -0.4 is 16.6 Å². The number of carbonyl (C=O) groups excluding carboxylic acids is 1. The Morgan fingerprint density at radius 1 is 1.47 bits per heavy atom. The molecule has 0 saturated carbocycles. The summed E-state index contributed by atoms with van der Waals surface area (Å²) < 4.78 is 0.847. The van der Waals surface area contributed by atoms with Crippen molar-refractivity contribution >= 4 is 44.0 Å². The van der Waals surface area contributed by atoms with E-state index in [4.69, 9.17) is 5.84 Å². The third-order valence-corrected chi connectivity index (χ3v) is 3.31. The van der Waals surface area contributed by atoms with E-state index in [1.807, 2.05) is 0 Å². The number of rotatable bonds is 3. The molecule has 17 heavy (non-hydrogen) atoms. The average Bonchev–Trinajstić information content (AvgIpc) is 2.74. The van der Waals surface area contributed by atoms with Gasteiger partial charge >= 0.3 is 0 Å². The summed E-state index contributed by atoms with van der Waals surface area (Å²) in [5, 5.41) is 3.18. The van der Waals surface area contributed by atoms with Crippen molar-refractivity contribution in [2.75, 3.05) is 10.7 Å². The average molecular weight is 314 g/mol. The lowest BCUT2D eigenvalue weighted by atomic mass is 10.2. The first kappa shape index (κ1) is 12.0. The molecule has 2 rings (SSSR count). The zero-order valence-electron chi connectivity index (χ0n) is 8.48. The predicted molar refractivity (Wildman–Crippen MR) is 69.8 cm³/mol. The molecular formula is C9H8BrN5OS. The number of thiazole rings is 1. The van der Waals surface area contributed by atoms with E-state index in [0.717, 1.165) is 3.79 Å². The second-order valence-corrected chi connectivity index (χ2v) is 5.40. The second-order valence-electron chi connectivity index (χ2n) is 2.99. The number of halogens is 1. The SMILES string of the molecule is NNc1cnccc1C(=O)Nc1ncc(Br)s1. The number of anilines is 2. The number of carbonyl (C=O) groups is 1. The fraction of sp³-hybridized carbons (Fsp3) is 0. The van der Waals surface area contributed by atoms with Gasteiger partial charge in [-0.2, -0.15) is 0 Å². The van der Waals surface area contributed by atoms with Crippen molar-refractivity contribution < 1.29 is 4.79 Å². The Kier molecular flexibility index (Phi) is 3.67. The van der Waals surface area contributed by atoms with Gasteiger partial charge < -0.3 is 5.43 Å². The van der Waals surface area contributed by atoms with Gasteiger partial charge in [0.1, 0.15) is 0 Å². The summed E-state index contributed by atoms with van der Waals surface area (Å²) in [6.45, 7) is 0. The predicted octanol–water partition coefficient (Wildman–Crippen LogP) is 1.84. The lowest BCUT2D eigenvalue weighted by Gasteiger charge is -2.06. The standard InChI is InChI=1S/C9H8BrN5OS/c10-7-4-13-9(17-7)14-8(16)5-1-2-12-3-6(5)15-11/h1-4,15H,11H2,(H,13,14,16). The molecule has 2 heterocycles. The zero-order chi connectivity index (χ0) is 12.3. The van der Waals surface area contributed by atoms with Gasteiger partial charge in [0.05, 0.1) is 27.4 Å². The topological polar surface area (TPSA) is 92.9 Å². The third kappa shape index (κ3) is 2.78. The molecule has 0 atom stereocenters. The highest BCUT2D eigenvalue weighted by Gasteiger charge is 2.12. The minimum atomic E-state index is -0.290. The normalized spacial score (nSPS) is 10.0. The van der Waals surface area contributed by atoms with Gasteiger partial charge in [-0.05, 0) is 22.0 Å². The van der Waals surface area contributed by atoms with Crippen molar-refractivity contribution in [3.63, 3.8) is 0 Å². The van der Waals surface area contributed by atoms with Crippen molar-refractivity contribution in [2.45, 2.75) is 0 Å². The summed E-state index contributed by atoms with van der Waals surface area (Å²) in [7, 11) is 0. The fourth-order valence-corrected chi connectivity index (χ4v) is 2.29. The molecule has 0 aliphatic rings. The number of nitrogens with one attached hydrogen (secondary N) is 2. The molecule has 6 nitrogen and oxygen atoms in total. The molecule has 0 fully saturated rings. The molecule has 88 valence electrons. The number of amides is 1. The summed E-state index contributed by atoms with van der Waals surface area (Å²) in [6.07, 6.45) is 4.62. The summed E-state index contributed by atoms with van der Waals surface area (Å²) >= 11 is 4.60. The molecule has 0 radical (unpaired) electrons. The molecular weight excluding hydrogens is 306 g/mol. The van der Waals surface area contributed by atoms with Gasteiger partial charge in [-0.25, -0.2) is 4.98 Å². The van der Waals surface area contributed by atoms with Crippen molar-refractivity contribution in [2.24, 2.45) is 5.84 Å². The van der Waals surface area contributed by atoms with Gasteiger partial charge in [0.15, 0.2) is 5.13 Å². The van der Waals surface area contributed by atoms with Gasteiger partial charge in [-0.3, -0.25) is 20.9 Å². The van der Waals surface area contributed by atoms with Crippen LogP contribution in [-0.4, -0.2) is 15.9 Å². The van der Waals surface area contributed by atoms with Crippen molar-refractivity contribution in [3.8, 4) is 0 Å². The Morgan fingerprint density at radius 3 is 2.94 bits per heavy atom. The molecule has 0 spiro atoms. The van der Waals surface area contributed by atoms with Crippen LogP contribution in [0.25, 0.3) is 0 Å². The Morgan fingerprint density at radius 2 is 2.29 bits per heavy atom. The van der Waals surface area contributed by atoms with Gasteiger partial charge in [-0.15, -0.1) is 0 Å². The number of hydrazine groups is 1. The lowest BCUT2D eigenvalue weighted by Crippen LogP contribution is -2.17. The first-order chi connectivity index (χ1) is 8.20. The smallest absolute Gasteiger partial charge is 0.259 e. The highest BCUT2D eigenvalue weighted by atomic mass is 79.9. The maximum Gasteiger partial charge on any atom is 0.259 e. The summed E-state index contributed by atoms with van der Waals surface area (Å²) in [4.78, 5) is 19.8. The molecule has 0 bridgehead atoms. The zero-order valence-corrected chi connectivity index (χ0v) is 10.9. The van der Waals surface area contributed by atoms with E-state index >= 15 is 0 Å². The summed E-state index contributed by atoms with van der Waals surface area (Å²) in [5.74, 6) is 5.01. The first-order valence-electron chi connectivity index (χ1n) is 4.54. The van der Waals surface area contributed by atoms with Crippen LogP contribution in [0.2, 0.25) is 0 Å². The van der Waals surface area contributed by atoms with Crippen LogP contribution in [0.15, 0.2) is 28.4 Å². The quantitative estimate of drug-likeness (QED) is 0.594. The van der Waals surface area contributed by atoms with E-state index in [-0.39, 0.29) is 5.91 Å². The van der Waals surface area contributed by atoms with Crippen LogP contribution in [0.3, 0.4) is 0 Å². The van der Waals surface area contributed by atoms with Gasteiger partial charge in [0, 0.05) is 6.20 Å². The van der Waals surface area contributed by atoms with Crippen LogP contribution in [0.1, 0.15) is 10.4 Å². The van der Waals surface area contributed by atoms with E-state index < -0.39 is 0 Å². The van der Waals surface area contributed by atoms with Crippen LogP contribution >= 0.6 is 27.3 Å². The number of pyridine rings is 1. The molecule has 0 aliphatic heterocycles. The number of hydrogen-bond acceptors (Lipinski definition) is 6. The fourth-order valence-electron chi connectivity index (χ4n) is 1.18. The number of nitrogen functional groups attached to an aromatic ring is 1. The highest BCUT2D eigenvalue weighted by Crippen LogP contribution is 2.24. The van der Waals surface area contributed by atoms with Gasteiger partial charge in [0.2, 0.25) is 0 Å². The number of aromatic nitrogens is 2. The monoisotopic (exact) mass is 313 g/mol. The Bertz CT molecular complexity index is 544. The van der Waals surface area contributed by atoms with Crippen molar-refractivity contribution in [3.05, 3.63) is 34.0 Å². The van der Waals surface area contributed by atoms with Crippen LogP contribution in [0.5, 0.6) is 0 Å². The number of nitrogens with zero attached hydrogens (tertiary/aromatic N) is 2. The lowest BCUT2D eigenvalue weighted by molar-refractivity contribution is 0.102. The second kappa shape index (κ2) is 5.21. The van der Waals surface area contributed by atoms with Crippen LogP contribution in [-0.2, 0) is 0 Å². The molecule has 2 aromatic heterocycles. The highest BCUT2D eigenvalue weighted by molar-refractivity contribution is 9.11. The minimum absolute atomic E-state index is 0.290. The molecule has 4 N–H and O–H groups in total. The third-order valence-electron chi connectivity index (χ3n) is 1.92. The van der Waals surface area contributed by atoms with Gasteiger partial charge in [-0.1, -0.05) is 11.3 Å². The number of nitrogens with two attached hydrogens (primary N) is 1. The molecule has 1 amide bonds. The maximum absolute atomic E-state index is 11.9. The molecule has 2 aromatic rings. The Hall–Kier alpha value is -1.51. The number of hydrogen-bond donors (Lipinski definition) is 3. The van der Waals surface area contributed by atoms with Gasteiger partial charge in [0.25, 0.3) is 5.91 Å².